The zero-order valence-corrected chi connectivity index (χ0v) is 14.1. The maximum atomic E-state index is 9.75. The molecule has 0 fully saturated rings. The molecule has 2 nitrogen and oxygen atoms in total. The van der Waals surface area contributed by atoms with Crippen LogP contribution in [0.3, 0.4) is 0 Å². The first-order valence-electron chi connectivity index (χ1n) is 7.40. The Hall–Kier alpha value is -2.13. The van der Waals surface area contributed by atoms with E-state index in [1.807, 2.05) is 0 Å². The van der Waals surface area contributed by atoms with E-state index >= 15 is 0 Å². The molecule has 0 spiro atoms. The molecular formula is C14H18B2F8N2. The molecule has 146 valence electrons. The van der Waals surface area contributed by atoms with Crippen molar-refractivity contribution in [1.29, 1.82) is 0 Å². The van der Waals surface area contributed by atoms with Crippen LogP contribution < -0.4 is 9.13 Å². The summed E-state index contributed by atoms with van der Waals surface area (Å²) in [6.45, 7) is 6.26. The Balaban J connectivity index is 0.000000520. The standard InChI is InChI=1S/C14H18N2.2BF4/c1-13-5-3-7-15(11-13)9-10-16-8-4-6-14(2)12-16;2*2-1(3,4)5/h3-8,11-12H,9-10H2,1-2H3;;/q+2;2*-1. The Kier molecular flexibility index (Phi) is 9.89. The monoisotopic (exact) mass is 388 g/mol. The van der Waals surface area contributed by atoms with Crippen molar-refractivity contribution in [2.45, 2.75) is 26.9 Å². The van der Waals surface area contributed by atoms with Gasteiger partial charge in [0.2, 0.25) is 13.1 Å². The molecule has 0 aliphatic rings. The minimum Gasteiger partial charge on any atom is -0.418 e. The first-order chi connectivity index (χ1) is 11.7. The van der Waals surface area contributed by atoms with Gasteiger partial charge in [-0.25, -0.2) is 0 Å². The average molecular weight is 388 g/mol. The summed E-state index contributed by atoms with van der Waals surface area (Å²) in [5, 5.41) is 0. The minimum atomic E-state index is -6.00. The summed E-state index contributed by atoms with van der Waals surface area (Å²) >= 11 is 0. The van der Waals surface area contributed by atoms with Crippen LogP contribution >= 0.6 is 0 Å². The van der Waals surface area contributed by atoms with Gasteiger partial charge in [0.15, 0.2) is 24.8 Å². The summed E-state index contributed by atoms with van der Waals surface area (Å²) < 4.78 is 82.5. The zero-order valence-electron chi connectivity index (χ0n) is 14.1. The second-order valence-corrected chi connectivity index (χ2v) is 5.23. The van der Waals surface area contributed by atoms with Crippen molar-refractivity contribution in [3.05, 3.63) is 60.2 Å². The molecule has 2 heterocycles. The average Bonchev–Trinajstić information content (AvgIpc) is 2.42. The van der Waals surface area contributed by atoms with Crippen molar-refractivity contribution < 1.29 is 43.7 Å². The predicted molar refractivity (Wildman–Crippen MR) is 83.1 cm³/mol. The molecule has 0 radical (unpaired) electrons. The molecule has 0 saturated carbocycles. The van der Waals surface area contributed by atoms with Gasteiger partial charge in [0.1, 0.15) is 0 Å². The van der Waals surface area contributed by atoms with Crippen LogP contribution in [-0.4, -0.2) is 14.5 Å². The van der Waals surface area contributed by atoms with Gasteiger partial charge in [0.05, 0.1) is 0 Å². The van der Waals surface area contributed by atoms with Gasteiger partial charge in [0, 0.05) is 23.3 Å². The van der Waals surface area contributed by atoms with Crippen LogP contribution in [0, 0.1) is 13.8 Å². The molecule has 0 amide bonds. The van der Waals surface area contributed by atoms with E-state index < -0.39 is 14.5 Å². The van der Waals surface area contributed by atoms with E-state index in [2.05, 4.69) is 72.0 Å². The summed E-state index contributed by atoms with van der Waals surface area (Å²) in [6, 6.07) is 8.43. The van der Waals surface area contributed by atoms with Gasteiger partial charge in [-0.05, 0) is 26.0 Å². The topological polar surface area (TPSA) is 7.76 Å². The molecule has 2 rings (SSSR count). The number of halogens is 8. The fourth-order valence-corrected chi connectivity index (χ4v) is 1.82. The second-order valence-electron chi connectivity index (χ2n) is 5.23. The molecule has 2 aromatic heterocycles. The van der Waals surface area contributed by atoms with E-state index in [-0.39, 0.29) is 0 Å². The van der Waals surface area contributed by atoms with Crippen LogP contribution in [0.4, 0.5) is 34.5 Å². The van der Waals surface area contributed by atoms with Crippen LogP contribution in [0.1, 0.15) is 11.1 Å². The first kappa shape index (κ1) is 23.9. The normalized spacial score (nSPS) is 11.0. The largest absolute Gasteiger partial charge is 0.673 e. The first-order valence-corrected chi connectivity index (χ1v) is 7.40. The lowest BCUT2D eigenvalue weighted by molar-refractivity contribution is -0.778. The predicted octanol–water partition coefficient (Wildman–Crippen LogP) is 4.18. The van der Waals surface area contributed by atoms with Gasteiger partial charge in [-0.2, -0.15) is 9.13 Å². The molecule has 0 saturated heterocycles. The summed E-state index contributed by atoms with van der Waals surface area (Å²) in [5.74, 6) is 0. The van der Waals surface area contributed by atoms with Crippen molar-refractivity contribution >= 4 is 14.5 Å². The third-order valence-electron chi connectivity index (χ3n) is 2.63. The van der Waals surface area contributed by atoms with E-state index in [4.69, 9.17) is 0 Å². The lowest BCUT2D eigenvalue weighted by Gasteiger charge is -1.97. The van der Waals surface area contributed by atoms with Crippen molar-refractivity contribution in [1.82, 2.24) is 0 Å². The van der Waals surface area contributed by atoms with Crippen molar-refractivity contribution in [2.24, 2.45) is 0 Å². The maximum absolute atomic E-state index is 9.75. The summed E-state index contributed by atoms with van der Waals surface area (Å²) in [7, 11) is -12.0. The highest BCUT2D eigenvalue weighted by Crippen LogP contribution is 2.07. The van der Waals surface area contributed by atoms with E-state index in [9.17, 15) is 34.5 Å². The summed E-state index contributed by atoms with van der Waals surface area (Å²) in [5.41, 5.74) is 2.61. The molecule has 2 aromatic rings. The van der Waals surface area contributed by atoms with Crippen molar-refractivity contribution in [2.75, 3.05) is 0 Å². The molecule has 0 aliphatic carbocycles. The van der Waals surface area contributed by atoms with Crippen LogP contribution in [0.2, 0.25) is 0 Å². The number of pyridine rings is 2. The van der Waals surface area contributed by atoms with Gasteiger partial charge in [-0.15, -0.1) is 0 Å². The fourth-order valence-electron chi connectivity index (χ4n) is 1.82. The lowest BCUT2D eigenvalue weighted by atomic mass is 10.3. The summed E-state index contributed by atoms with van der Waals surface area (Å²) in [4.78, 5) is 0. The number of aromatic nitrogens is 2. The second kappa shape index (κ2) is 10.8. The Labute approximate surface area is 146 Å². The lowest BCUT2D eigenvalue weighted by Crippen LogP contribution is -2.44. The number of aryl methyl sites for hydroxylation is 4. The minimum absolute atomic E-state index is 1.01. The Bertz CT molecular complexity index is 592. The van der Waals surface area contributed by atoms with Crippen LogP contribution in [-0.2, 0) is 13.1 Å². The summed E-state index contributed by atoms with van der Waals surface area (Å²) in [6.07, 6.45) is 8.58. The molecule has 12 heteroatoms. The number of hydrogen-bond acceptors (Lipinski definition) is 0. The smallest absolute Gasteiger partial charge is 0.418 e. The van der Waals surface area contributed by atoms with Gasteiger partial charge in [-0.3, -0.25) is 0 Å². The molecule has 0 unspecified atom stereocenters. The number of nitrogens with zero attached hydrogens (tertiary/aromatic N) is 2. The van der Waals surface area contributed by atoms with Crippen molar-refractivity contribution in [3.63, 3.8) is 0 Å². The van der Waals surface area contributed by atoms with Crippen molar-refractivity contribution in [3.8, 4) is 0 Å². The van der Waals surface area contributed by atoms with Gasteiger partial charge >= 0.3 is 14.5 Å². The SMILES string of the molecule is Cc1ccc[n+](CC[n+]2cccc(C)c2)c1.F[B-](F)(F)F.F[B-](F)(F)F. The highest BCUT2D eigenvalue weighted by molar-refractivity contribution is 6.50. The Morgan fingerprint density at radius 1 is 0.654 bits per heavy atom. The molecule has 0 bridgehead atoms. The Morgan fingerprint density at radius 2 is 0.923 bits per heavy atom. The quantitative estimate of drug-likeness (QED) is 0.424. The van der Waals surface area contributed by atoms with Gasteiger partial charge in [0.25, 0.3) is 0 Å². The van der Waals surface area contributed by atoms with Crippen LogP contribution in [0.25, 0.3) is 0 Å². The van der Waals surface area contributed by atoms with Crippen LogP contribution in [0.15, 0.2) is 49.1 Å². The molecular weight excluding hydrogens is 370 g/mol. The fraction of sp³-hybridized carbons (Fsp3) is 0.286. The van der Waals surface area contributed by atoms with Gasteiger partial charge in [-0.1, -0.05) is 0 Å². The molecule has 0 N–H and O–H groups in total. The van der Waals surface area contributed by atoms with E-state index in [1.54, 1.807) is 0 Å². The zero-order chi connectivity index (χ0) is 20.4. The van der Waals surface area contributed by atoms with Gasteiger partial charge < -0.3 is 34.5 Å². The molecule has 26 heavy (non-hydrogen) atoms. The van der Waals surface area contributed by atoms with Crippen LogP contribution in [0.5, 0.6) is 0 Å². The third-order valence-corrected chi connectivity index (χ3v) is 2.63. The third kappa shape index (κ3) is 18.2. The maximum Gasteiger partial charge on any atom is 0.673 e. The molecule has 0 aromatic carbocycles. The van der Waals surface area contributed by atoms with E-state index in [1.165, 1.54) is 11.1 Å². The molecule has 0 aliphatic heterocycles. The highest BCUT2D eigenvalue weighted by atomic mass is 19.5. The number of hydrogen-bond donors (Lipinski definition) is 0. The molecule has 0 atom stereocenters. The Morgan fingerprint density at radius 3 is 1.15 bits per heavy atom. The van der Waals surface area contributed by atoms with E-state index in [0.29, 0.717) is 0 Å². The van der Waals surface area contributed by atoms with E-state index in [0.717, 1.165) is 13.1 Å². The number of rotatable bonds is 3. The highest BCUT2D eigenvalue weighted by Gasteiger charge is 2.21.